The number of rotatable bonds is 14. The molecule has 2 heterocycles. The van der Waals surface area contributed by atoms with E-state index in [1.54, 1.807) is 0 Å². The Labute approximate surface area is 271 Å². The number of alkyl halides is 2. The van der Waals surface area contributed by atoms with Gasteiger partial charge in [-0.25, -0.2) is 0 Å². The molecule has 0 saturated carbocycles. The van der Waals surface area contributed by atoms with Crippen molar-refractivity contribution in [3.8, 4) is 0 Å². The Bertz CT molecular complexity index is 1100. The molecule has 4 rings (SSSR count). The van der Waals surface area contributed by atoms with Crippen LogP contribution in [0.4, 0.5) is 0 Å². The van der Waals surface area contributed by atoms with Crippen molar-refractivity contribution in [2.45, 2.75) is 82.6 Å². The zero-order valence-electron chi connectivity index (χ0n) is 26.7. The van der Waals surface area contributed by atoms with Gasteiger partial charge in [0.05, 0.1) is 10.8 Å². The van der Waals surface area contributed by atoms with Gasteiger partial charge in [0.15, 0.2) is 0 Å². The number of hydrogen-bond acceptors (Lipinski definition) is 6. The van der Waals surface area contributed by atoms with Crippen molar-refractivity contribution in [2.75, 3.05) is 39.6 Å². The molecule has 5 unspecified atom stereocenters. The topological polar surface area (TPSA) is 55.4 Å². The summed E-state index contributed by atoms with van der Waals surface area (Å²) in [5, 5.41) is -0.0168. The van der Waals surface area contributed by atoms with Gasteiger partial charge in [0.25, 0.3) is 0 Å². The summed E-state index contributed by atoms with van der Waals surface area (Å²) in [6.07, 6.45) is 0.889. The molecule has 2 aliphatic heterocycles. The Balaban J connectivity index is 1.35. The van der Waals surface area contributed by atoms with Gasteiger partial charge in [0, 0.05) is 63.6 Å². The third-order valence-electron chi connectivity index (χ3n) is 8.33. The van der Waals surface area contributed by atoms with Gasteiger partial charge in [0.2, 0.25) is 0 Å². The first-order chi connectivity index (χ1) is 20.5. The fourth-order valence-corrected chi connectivity index (χ4v) is 12.0. The van der Waals surface area contributed by atoms with E-state index in [4.69, 9.17) is 49.8 Å². The van der Waals surface area contributed by atoms with Crippen molar-refractivity contribution < 1.29 is 26.6 Å². The molecule has 0 N–H and O–H groups in total. The molecule has 2 aromatic carbocycles. The summed E-state index contributed by atoms with van der Waals surface area (Å²) in [6.45, 7) is 16.3. The molecule has 0 amide bonds. The predicted molar refractivity (Wildman–Crippen MR) is 178 cm³/mol. The molecular formula is C33H50Cl2O6Si2. The standard InChI is InChI=1S/C33H50Cl2O6Si2/c1-24(18-38-42(36-16-7-17-37-42)22-26(3)30-8-12-32(13-9-30)28(5)34)19-39-43(40-20-25(2)21-41-43)23-27(4)31-10-14-33(15-11-31)29(6)35/h8-15,24-29H,7,16-23H2,1-6H3. The second-order valence-electron chi connectivity index (χ2n) is 12.6. The third kappa shape index (κ3) is 10.1. The van der Waals surface area contributed by atoms with E-state index in [2.05, 4.69) is 76.2 Å². The minimum Gasteiger partial charge on any atom is -0.373 e. The molecule has 2 aromatic rings. The summed E-state index contributed by atoms with van der Waals surface area (Å²) in [5.41, 5.74) is 4.71. The van der Waals surface area contributed by atoms with Crippen molar-refractivity contribution in [1.82, 2.24) is 0 Å². The fourth-order valence-electron chi connectivity index (χ4n) is 5.46. The lowest BCUT2D eigenvalue weighted by Gasteiger charge is -2.38. The summed E-state index contributed by atoms with van der Waals surface area (Å²) in [6, 6.07) is 18.5. The van der Waals surface area contributed by atoms with Crippen LogP contribution in [-0.4, -0.2) is 57.3 Å². The van der Waals surface area contributed by atoms with Crippen molar-refractivity contribution in [3.05, 3.63) is 70.8 Å². The first-order valence-electron chi connectivity index (χ1n) is 15.8. The van der Waals surface area contributed by atoms with Crippen LogP contribution < -0.4 is 0 Å². The summed E-state index contributed by atoms with van der Waals surface area (Å²) >= 11 is 12.5. The second-order valence-corrected chi connectivity index (χ2v) is 19.2. The van der Waals surface area contributed by atoms with E-state index in [1.165, 1.54) is 11.1 Å². The summed E-state index contributed by atoms with van der Waals surface area (Å²) in [7, 11) is -5.73. The predicted octanol–water partition coefficient (Wildman–Crippen LogP) is 8.86. The Kier molecular flexibility index (Phi) is 13.2. The van der Waals surface area contributed by atoms with Crippen LogP contribution in [-0.2, 0) is 26.6 Å². The van der Waals surface area contributed by atoms with E-state index in [1.807, 2.05) is 13.8 Å². The van der Waals surface area contributed by atoms with Gasteiger partial charge in [-0.15, -0.1) is 23.2 Å². The lowest BCUT2D eigenvalue weighted by atomic mass is 10.0. The lowest BCUT2D eigenvalue weighted by Crippen LogP contribution is -2.53. The zero-order chi connectivity index (χ0) is 31.0. The van der Waals surface area contributed by atoms with E-state index < -0.39 is 17.6 Å². The van der Waals surface area contributed by atoms with Crippen LogP contribution >= 0.6 is 23.2 Å². The smallest absolute Gasteiger partial charge is 0.373 e. The molecule has 2 fully saturated rings. The van der Waals surface area contributed by atoms with E-state index in [0.717, 1.165) is 29.6 Å². The zero-order valence-corrected chi connectivity index (χ0v) is 30.2. The summed E-state index contributed by atoms with van der Waals surface area (Å²) in [4.78, 5) is 0. The molecular weight excluding hydrogens is 619 g/mol. The number of hydrogen-bond donors (Lipinski definition) is 0. The minimum atomic E-state index is -2.88. The maximum absolute atomic E-state index is 6.60. The van der Waals surface area contributed by atoms with Crippen LogP contribution in [0.5, 0.6) is 0 Å². The van der Waals surface area contributed by atoms with Gasteiger partial charge >= 0.3 is 17.6 Å². The van der Waals surface area contributed by atoms with E-state index in [9.17, 15) is 0 Å². The SMILES string of the molecule is CC(CO[Si]1(CC(C)c2ccc(C(C)Cl)cc2)OCCCO1)CO[Si]1(CC(C)c2ccc(C(C)Cl)cc2)OCC(C)CO1. The van der Waals surface area contributed by atoms with Crippen molar-refractivity contribution in [1.29, 1.82) is 0 Å². The monoisotopic (exact) mass is 668 g/mol. The van der Waals surface area contributed by atoms with Crippen LogP contribution in [0.3, 0.4) is 0 Å². The maximum Gasteiger partial charge on any atom is 0.501 e. The molecule has 6 nitrogen and oxygen atoms in total. The van der Waals surface area contributed by atoms with Gasteiger partial charge < -0.3 is 26.6 Å². The average Bonchev–Trinajstić information content (AvgIpc) is 3.01. The largest absolute Gasteiger partial charge is 0.501 e. The van der Waals surface area contributed by atoms with Gasteiger partial charge in [0.1, 0.15) is 0 Å². The number of benzene rings is 2. The van der Waals surface area contributed by atoms with Gasteiger partial charge in [-0.2, -0.15) is 0 Å². The Morgan fingerprint density at radius 3 is 1.42 bits per heavy atom. The molecule has 0 bridgehead atoms. The highest BCUT2D eigenvalue weighted by Gasteiger charge is 2.48. The molecule has 0 radical (unpaired) electrons. The van der Waals surface area contributed by atoms with Crippen molar-refractivity contribution in [3.63, 3.8) is 0 Å². The molecule has 5 atom stereocenters. The molecule has 240 valence electrons. The molecule has 0 aromatic heterocycles. The lowest BCUT2D eigenvalue weighted by molar-refractivity contribution is -0.0205. The molecule has 10 heteroatoms. The van der Waals surface area contributed by atoms with Gasteiger partial charge in [-0.1, -0.05) is 76.2 Å². The van der Waals surface area contributed by atoms with Crippen molar-refractivity contribution >= 4 is 40.8 Å². The van der Waals surface area contributed by atoms with E-state index in [-0.39, 0.29) is 28.5 Å². The Morgan fingerprint density at radius 1 is 0.651 bits per heavy atom. The van der Waals surface area contributed by atoms with Gasteiger partial charge in [-0.05, 0) is 54.4 Å². The molecule has 2 aliphatic rings. The molecule has 43 heavy (non-hydrogen) atoms. The van der Waals surface area contributed by atoms with Crippen molar-refractivity contribution in [2.24, 2.45) is 11.8 Å². The Morgan fingerprint density at radius 2 is 1.02 bits per heavy atom. The van der Waals surface area contributed by atoms with Crippen LogP contribution in [0.25, 0.3) is 0 Å². The highest BCUT2D eigenvalue weighted by Crippen LogP contribution is 2.34. The quantitative estimate of drug-likeness (QED) is 0.148. The minimum absolute atomic E-state index is 0.00750. The highest BCUT2D eigenvalue weighted by atomic mass is 35.5. The molecule has 0 spiro atoms. The Hall–Kier alpha value is -0.786. The maximum atomic E-state index is 6.60. The van der Waals surface area contributed by atoms with Gasteiger partial charge in [-0.3, -0.25) is 0 Å². The van der Waals surface area contributed by atoms with E-state index in [0.29, 0.717) is 45.6 Å². The first kappa shape index (κ1) is 35.1. The first-order valence-corrected chi connectivity index (χ1v) is 20.5. The summed E-state index contributed by atoms with van der Waals surface area (Å²) in [5.74, 6) is 0.942. The average molecular weight is 670 g/mol. The van der Waals surface area contributed by atoms with Crippen LogP contribution in [0, 0.1) is 11.8 Å². The van der Waals surface area contributed by atoms with Crippen LogP contribution in [0.15, 0.2) is 48.5 Å². The van der Waals surface area contributed by atoms with Crippen LogP contribution in [0.1, 0.15) is 92.8 Å². The normalized spacial score (nSPS) is 25.9. The molecule has 2 saturated heterocycles. The second kappa shape index (κ2) is 16.2. The highest BCUT2D eigenvalue weighted by molar-refractivity contribution is 6.61. The fraction of sp³-hybridized carbons (Fsp3) is 0.636. The van der Waals surface area contributed by atoms with E-state index >= 15 is 0 Å². The van der Waals surface area contributed by atoms with Crippen LogP contribution in [0.2, 0.25) is 12.1 Å². The third-order valence-corrected chi connectivity index (χ3v) is 14.8. The number of halogens is 2. The molecule has 0 aliphatic carbocycles. The summed E-state index contributed by atoms with van der Waals surface area (Å²) < 4.78 is 38.6.